The second-order valence-corrected chi connectivity index (χ2v) is 5.61. The van der Waals surface area contributed by atoms with Gasteiger partial charge in [0.05, 0.1) is 13.2 Å². The Bertz CT molecular complexity index is 690. The number of aryl methyl sites for hydroxylation is 1. The Morgan fingerprint density at radius 1 is 1.26 bits per heavy atom. The van der Waals surface area contributed by atoms with Crippen molar-refractivity contribution in [3.05, 3.63) is 46.4 Å². The van der Waals surface area contributed by atoms with E-state index in [1.54, 1.807) is 6.07 Å². The molecule has 1 saturated heterocycles. The van der Waals surface area contributed by atoms with Crippen molar-refractivity contribution in [1.82, 2.24) is 9.97 Å². The molecule has 122 valence electrons. The smallest absolute Gasteiger partial charge is 0.252 e. The molecule has 0 bridgehead atoms. The van der Waals surface area contributed by atoms with Gasteiger partial charge in [0.15, 0.2) is 0 Å². The fraction of sp³-hybridized carbons (Fsp3) is 0.412. The molecule has 0 radical (unpaired) electrons. The zero-order valence-electron chi connectivity index (χ0n) is 13.3. The van der Waals surface area contributed by atoms with Crippen LogP contribution in [0.2, 0.25) is 0 Å². The van der Waals surface area contributed by atoms with E-state index >= 15 is 0 Å². The maximum absolute atomic E-state index is 11.7. The van der Waals surface area contributed by atoms with Crippen LogP contribution < -0.4 is 15.8 Å². The van der Waals surface area contributed by atoms with Crippen molar-refractivity contribution in [2.45, 2.75) is 19.8 Å². The largest absolute Gasteiger partial charge is 0.378 e. The molecule has 0 aliphatic carbocycles. The van der Waals surface area contributed by atoms with Crippen LogP contribution in [0, 0.1) is 0 Å². The summed E-state index contributed by atoms with van der Waals surface area (Å²) in [6, 6.07) is 9.69. The van der Waals surface area contributed by atoms with Gasteiger partial charge in [-0.1, -0.05) is 13.3 Å². The van der Waals surface area contributed by atoms with Gasteiger partial charge in [-0.2, -0.15) is 0 Å². The van der Waals surface area contributed by atoms with Gasteiger partial charge in [-0.15, -0.1) is 0 Å². The lowest BCUT2D eigenvalue weighted by Crippen LogP contribution is -2.36. The molecule has 1 aromatic carbocycles. The zero-order chi connectivity index (χ0) is 16.1. The lowest BCUT2D eigenvalue weighted by atomic mass is 10.2. The molecule has 1 aliphatic heterocycles. The number of nitrogens with zero attached hydrogens (tertiary/aromatic N) is 2. The summed E-state index contributed by atoms with van der Waals surface area (Å²) in [4.78, 5) is 21.1. The molecule has 0 unspecified atom stereocenters. The molecule has 6 heteroatoms. The Labute approximate surface area is 135 Å². The normalized spacial score (nSPS) is 14.7. The van der Waals surface area contributed by atoms with Gasteiger partial charge in [-0.3, -0.25) is 9.78 Å². The predicted octanol–water partition coefficient (Wildman–Crippen LogP) is 2.30. The number of H-pyrrole nitrogens is 1. The molecule has 2 N–H and O–H groups in total. The van der Waals surface area contributed by atoms with Gasteiger partial charge in [-0.05, 0) is 30.7 Å². The van der Waals surface area contributed by atoms with E-state index in [0.29, 0.717) is 5.95 Å². The number of ether oxygens (including phenoxy) is 1. The topological polar surface area (TPSA) is 70.2 Å². The van der Waals surface area contributed by atoms with Crippen molar-refractivity contribution < 1.29 is 4.74 Å². The van der Waals surface area contributed by atoms with Crippen molar-refractivity contribution in [3.8, 4) is 0 Å². The third kappa shape index (κ3) is 4.10. The molecule has 6 nitrogen and oxygen atoms in total. The highest BCUT2D eigenvalue weighted by atomic mass is 16.5. The van der Waals surface area contributed by atoms with E-state index in [-0.39, 0.29) is 5.56 Å². The number of aromatic nitrogens is 2. The number of anilines is 3. The van der Waals surface area contributed by atoms with Crippen LogP contribution in [0.1, 0.15) is 19.0 Å². The Balaban J connectivity index is 1.71. The number of morpholine rings is 1. The van der Waals surface area contributed by atoms with E-state index in [1.165, 1.54) is 5.69 Å². The van der Waals surface area contributed by atoms with Gasteiger partial charge in [0, 0.05) is 36.2 Å². The third-order valence-electron chi connectivity index (χ3n) is 3.81. The van der Waals surface area contributed by atoms with Crippen molar-refractivity contribution in [2.75, 3.05) is 36.5 Å². The quantitative estimate of drug-likeness (QED) is 0.886. The summed E-state index contributed by atoms with van der Waals surface area (Å²) < 4.78 is 5.37. The average molecular weight is 314 g/mol. The van der Waals surface area contributed by atoms with Crippen LogP contribution in [-0.4, -0.2) is 36.3 Å². The minimum Gasteiger partial charge on any atom is -0.378 e. The van der Waals surface area contributed by atoms with Crippen LogP contribution in [0.3, 0.4) is 0 Å². The first kappa shape index (κ1) is 15.6. The van der Waals surface area contributed by atoms with Crippen molar-refractivity contribution in [2.24, 2.45) is 0 Å². The molecular weight excluding hydrogens is 292 g/mol. The standard InChI is InChI=1S/C17H22N4O2/c1-2-3-14-12-16(22)20-17(19-14)18-13-4-6-15(7-5-13)21-8-10-23-11-9-21/h4-7,12H,2-3,8-11H2,1H3,(H2,18,19,20,22). The maximum atomic E-state index is 11.7. The highest BCUT2D eigenvalue weighted by molar-refractivity contribution is 5.59. The van der Waals surface area contributed by atoms with E-state index in [4.69, 9.17) is 4.74 Å². The average Bonchev–Trinajstić information content (AvgIpc) is 2.56. The zero-order valence-corrected chi connectivity index (χ0v) is 13.3. The second kappa shape index (κ2) is 7.28. The monoisotopic (exact) mass is 314 g/mol. The summed E-state index contributed by atoms with van der Waals surface area (Å²) in [5.74, 6) is 0.486. The van der Waals surface area contributed by atoms with Gasteiger partial charge in [0.1, 0.15) is 0 Å². The maximum Gasteiger partial charge on any atom is 0.252 e. The van der Waals surface area contributed by atoms with Gasteiger partial charge in [0.25, 0.3) is 5.56 Å². The SMILES string of the molecule is CCCc1cc(=O)[nH]c(Nc2ccc(N3CCOCC3)cc2)n1. The van der Waals surface area contributed by atoms with Crippen molar-refractivity contribution >= 4 is 17.3 Å². The second-order valence-electron chi connectivity index (χ2n) is 5.61. The Morgan fingerprint density at radius 2 is 2.00 bits per heavy atom. The lowest BCUT2D eigenvalue weighted by Gasteiger charge is -2.28. The highest BCUT2D eigenvalue weighted by Gasteiger charge is 2.10. The first-order chi connectivity index (χ1) is 11.2. The highest BCUT2D eigenvalue weighted by Crippen LogP contribution is 2.20. The summed E-state index contributed by atoms with van der Waals surface area (Å²) in [5, 5.41) is 3.16. The molecule has 2 aromatic rings. The van der Waals surface area contributed by atoms with Gasteiger partial charge in [0.2, 0.25) is 5.95 Å². The molecule has 23 heavy (non-hydrogen) atoms. The number of nitrogens with one attached hydrogen (secondary N) is 2. The van der Waals surface area contributed by atoms with Crippen LogP contribution >= 0.6 is 0 Å². The van der Waals surface area contributed by atoms with Crippen molar-refractivity contribution in [3.63, 3.8) is 0 Å². The summed E-state index contributed by atoms with van der Waals surface area (Å²) >= 11 is 0. The van der Waals surface area contributed by atoms with Gasteiger partial charge in [-0.25, -0.2) is 4.98 Å². The number of rotatable bonds is 5. The fourth-order valence-electron chi connectivity index (χ4n) is 2.67. The molecular formula is C17H22N4O2. The minimum atomic E-state index is -0.129. The molecule has 1 fully saturated rings. The fourth-order valence-corrected chi connectivity index (χ4v) is 2.67. The van der Waals surface area contributed by atoms with Crippen LogP contribution in [0.5, 0.6) is 0 Å². The van der Waals surface area contributed by atoms with E-state index in [9.17, 15) is 4.79 Å². The first-order valence-corrected chi connectivity index (χ1v) is 8.04. The molecule has 0 atom stereocenters. The molecule has 1 aromatic heterocycles. The Kier molecular flexibility index (Phi) is 4.92. The molecule has 1 aliphatic rings. The van der Waals surface area contributed by atoms with E-state index in [0.717, 1.165) is 50.5 Å². The summed E-state index contributed by atoms with van der Waals surface area (Å²) in [7, 11) is 0. The Hall–Kier alpha value is -2.34. The van der Waals surface area contributed by atoms with Crippen molar-refractivity contribution in [1.29, 1.82) is 0 Å². The van der Waals surface area contributed by atoms with Crippen LogP contribution in [0.4, 0.5) is 17.3 Å². The van der Waals surface area contributed by atoms with E-state index in [1.807, 2.05) is 12.1 Å². The number of hydrogen-bond acceptors (Lipinski definition) is 5. The third-order valence-corrected chi connectivity index (χ3v) is 3.81. The van der Waals surface area contributed by atoms with Crippen LogP contribution in [-0.2, 0) is 11.2 Å². The Morgan fingerprint density at radius 3 is 2.70 bits per heavy atom. The number of hydrogen-bond donors (Lipinski definition) is 2. The first-order valence-electron chi connectivity index (χ1n) is 8.04. The van der Waals surface area contributed by atoms with Crippen LogP contribution in [0.15, 0.2) is 35.1 Å². The van der Waals surface area contributed by atoms with E-state index in [2.05, 4.69) is 39.2 Å². The molecule has 3 rings (SSSR count). The molecule has 0 amide bonds. The molecule has 2 heterocycles. The summed E-state index contributed by atoms with van der Waals surface area (Å²) in [6.45, 7) is 5.45. The predicted molar refractivity (Wildman–Crippen MR) is 91.6 cm³/mol. The minimum absolute atomic E-state index is 0.129. The molecule has 0 spiro atoms. The van der Waals surface area contributed by atoms with Gasteiger partial charge < -0.3 is 15.0 Å². The lowest BCUT2D eigenvalue weighted by molar-refractivity contribution is 0.122. The number of benzene rings is 1. The van der Waals surface area contributed by atoms with Crippen LogP contribution in [0.25, 0.3) is 0 Å². The van der Waals surface area contributed by atoms with Gasteiger partial charge >= 0.3 is 0 Å². The summed E-state index contributed by atoms with van der Waals surface area (Å²) in [6.07, 6.45) is 1.76. The number of aromatic amines is 1. The molecule has 0 saturated carbocycles. The summed E-state index contributed by atoms with van der Waals surface area (Å²) in [5.41, 5.74) is 2.76. The van der Waals surface area contributed by atoms with E-state index < -0.39 is 0 Å².